The Kier molecular flexibility index (Phi) is 5.70. The molecule has 32 heavy (non-hydrogen) atoms. The van der Waals surface area contributed by atoms with Gasteiger partial charge in [0.25, 0.3) is 5.91 Å². The molecule has 6 nitrogen and oxygen atoms in total. The van der Waals surface area contributed by atoms with Gasteiger partial charge < -0.3 is 5.32 Å². The fraction of sp³-hybridized carbons (Fsp3) is 0.320. The number of nitrogens with one attached hydrogen (secondary N) is 1. The summed E-state index contributed by atoms with van der Waals surface area (Å²) in [5.41, 5.74) is 3.40. The monoisotopic (exact) mass is 448 g/mol. The lowest BCUT2D eigenvalue weighted by Crippen LogP contribution is -2.37. The molecule has 0 unspecified atom stereocenters. The fourth-order valence-electron chi connectivity index (χ4n) is 4.47. The van der Waals surface area contributed by atoms with Crippen LogP contribution < -0.4 is 10.2 Å². The van der Waals surface area contributed by atoms with E-state index in [0.29, 0.717) is 36.1 Å². The Morgan fingerprint density at radius 3 is 2.50 bits per heavy atom. The molecule has 0 spiro atoms. The summed E-state index contributed by atoms with van der Waals surface area (Å²) in [7, 11) is 0. The van der Waals surface area contributed by atoms with Gasteiger partial charge in [-0.25, -0.2) is 4.68 Å². The predicted molar refractivity (Wildman–Crippen MR) is 125 cm³/mol. The molecule has 1 saturated carbocycles. The molecule has 1 aliphatic heterocycles. The van der Waals surface area contributed by atoms with Crippen LogP contribution in [0.5, 0.6) is 0 Å². The molecule has 2 heterocycles. The molecule has 7 heteroatoms. The lowest BCUT2D eigenvalue weighted by atomic mass is 10.1. The summed E-state index contributed by atoms with van der Waals surface area (Å²) >= 11 is 6.00. The van der Waals surface area contributed by atoms with E-state index < -0.39 is 0 Å². The number of benzene rings is 2. The number of anilines is 1. The summed E-state index contributed by atoms with van der Waals surface area (Å²) in [6, 6.07) is 17.3. The number of fused-ring (bicyclic) bond motifs is 1. The van der Waals surface area contributed by atoms with Crippen molar-refractivity contribution in [3.8, 4) is 11.3 Å². The number of carbonyl (C=O) groups is 2. The Bertz CT molecular complexity index is 1130. The highest BCUT2D eigenvalue weighted by Gasteiger charge is 2.27. The molecule has 3 aromatic rings. The first-order chi connectivity index (χ1) is 15.6. The topological polar surface area (TPSA) is 67.2 Å². The van der Waals surface area contributed by atoms with Gasteiger partial charge in [0.2, 0.25) is 5.91 Å². The standard InChI is InChI=1S/C25H25ClN4O2/c26-20-11-9-18(10-12-20)22-15-23-29(24(31)13-14-30(23)28-22)16-17-5-7-19(8-6-17)25(32)27-21-3-1-2-4-21/h5-12,15,21H,1-4,13-14,16H2,(H,27,32). The van der Waals surface area contributed by atoms with E-state index in [1.807, 2.05) is 59.3 Å². The predicted octanol–water partition coefficient (Wildman–Crippen LogP) is 4.81. The Morgan fingerprint density at radius 2 is 1.78 bits per heavy atom. The van der Waals surface area contributed by atoms with E-state index in [4.69, 9.17) is 11.6 Å². The molecule has 0 bridgehead atoms. The van der Waals surface area contributed by atoms with Crippen LogP contribution in [0.25, 0.3) is 11.3 Å². The molecular weight excluding hydrogens is 424 g/mol. The summed E-state index contributed by atoms with van der Waals surface area (Å²) in [4.78, 5) is 27.0. The quantitative estimate of drug-likeness (QED) is 0.608. The van der Waals surface area contributed by atoms with E-state index in [-0.39, 0.29) is 11.8 Å². The second-order valence-corrected chi connectivity index (χ2v) is 8.94. The van der Waals surface area contributed by atoms with Crippen molar-refractivity contribution in [1.29, 1.82) is 0 Å². The van der Waals surface area contributed by atoms with Gasteiger partial charge in [-0.2, -0.15) is 5.10 Å². The summed E-state index contributed by atoms with van der Waals surface area (Å²) in [6.45, 7) is 1.01. The van der Waals surface area contributed by atoms with Crippen LogP contribution in [0.2, 0.25) is 5.02 Å². The van der Waals surface area contributed by atoms with Crippen molar-refractivity contribution in [2.45, 2.75) is 51.2 Å². The average Bonchev–Trinajstić information content (AvgIpc) is 3.47. The van der Waals surface area contributed by atoms with Crippen molar-refractivity contribution in [1.82, 2.24) is 15.1 Å². The number of aromatic nitrogens is 2. The van der Waals surface area contributed by atoms with Crippen molar-refractivity contribution in [3.63, 3.8) is 0 Å². The number of aryl methyl sites for hydroxylation is 1. The molecule has 5 rings (SSSR count). The SMILES string of the molecule is O=C(NC1CCCC1)c1ccc(CN2C(=O)CCn3nc(-c4ccc(Cl)cc4)cc32)cc1. The maximum absolute atomic E-state index is 12.7. The van der Waals surface area contributed by atoms with E-state index in [1.54, 1.807) is 4.90 Å². The third-order valence-corrected chi connectivity index (χ3v) is 6.51. The van der Waals surface area contributed by atoms with Gasteiger partial charge in [-0.1, -0.05) is 48.7 Å². The van der Waals surface area contributed by atoms with Gasteiger partial charge >= 0.3 is 0 Å². The molecular formula is C25H25ClN4O2. The van der Waals surface area contributed by atoms with Crippen LogP contribution in [0.15, 0.2) is 54.6 Å². The van der Waals surface area contributed by atoms with Crippen molar-refractivity contribution < 1.29 is 9.59 Å². The van der Waals surface area contributed by atoms with Crippen LogP contribution >= 0.6 is 11.6 Å². The molecule has 1 aliphatic carbocycles. The average molecular weight is 449 g/mol. The van der Waals surface area contributed by atoms with Crippen molar-refractivity contribution in [2.75, 3.05) is 4.90 Å². The maximum atomic E-state index is 12.7. The zero-order valence-electron chi connectivity index (χ0n) is 17.8. The van der Waals surface area contributed by atoms with E-state index in [9.17, 15) is 9.59 Å². The van der Waals surface area contributed by atoms with Gasteiger partial charge in [0.05, 0.1) is 18.8 Å². The molecule has 0 radical (unpaired) electrons. The molecule has 0 atom stereocenters. The van der Waals surface area contributed by atoms with E-state index >= 15 is 0 Å². The minimum Gasteiger partial charge on any atom is -0.349 e. The highest BCUT2D eigenvalue weighted by atomic mass is 35.5. The fourth-order valence-corrected chi connectivity index (χ4v) is 4.59. The summed E-state index contributed by atoms with van der Waals surface area (Å²) < 4.78 is 1.88. The van der Waals surface area contributed by atoms with Crippen molar-refractivity contribution in [3.05, 3.63) is 70.7 Å². The molecule has 1 N–H and O–H groups in total. The molecule has 2 aromatic carbocycles. The van der Waals surface area contributed by atoms with Crippen LogP contribution in [-0.2, 0) is 17.9 Å². The Hall–Kier alpha value is -3.12. The molecule has 1 fully saturated rings. The summed E-state index contributed by atoms with van der Waals surface area (Å²) in [5, 5.41) is 8.48. The summed E-state index contributed by atoms with van der Waals surface area (Å²) in [5.74, 6) is 0.834. The van der Waals surface area contributed by atoms with Crippen LogP contribution in [0.1, 0.15) is 48.0 Å². The van der Waals surface area contributed by atoms with Crippen LogP contribution in [0.3, 0.4) is 0 Å². The number of amides is 2. The van der Waals surface area contributed by atoms with E-state index in [1.165, 1.54) is 12.8 Å². The first-order valence-corrected chi connectivity index (χ1v) is 11.5. The largest absolute Gasteiger partial charge is 0.349 e. The van der Waals surface area contributed by atoms with Gasteiger partial charge in [0.15, 0.2) is 0 Å². The lowest BCUT2D eigenvalue weighted by molar-refractivity contribution is -0.119. The number of rotatable bonds is 5. The Balaban J connectivity index is 1.32. The minimum absolute atomic E-state index is 0.0248. The Labute approximate surface area is 192 Å². The lowest BCUT2D eigenvalue weighted by Gasteiger charge is -2.27. The molecule has 2 amide bonds. The van der Waals surface area contributed by atoms with E-state index in [0.717, 1.165) is 35.5 Å². The number of hydrogen-bond acceptors (Lipinski definition) is 3. The first-order valence-electron chi connectivity index (χ1n) is 11.1. The van der Waals surface area contributed by atoms with Gasteiger partial charge in [-0.05, 0) is 42.7 Å². The number of carbonyl (C=O) groups excluding carboxylic acids is 2. The van der Waals surface area contributed by atoms with Crippen LogP contribution in [0, 0.1) is 0 Å². The number of hydrogen-bond donors (Lipinski definition) is 1. The second kappa shape index (κ2) is 8.79. The van der Waals surface area contributed by atoms with Crippen molar-refractivity contribution in [2.24, 2.45) is 0 Å². The smallest absolute Gasteiger partial charge is 0.251 e. The van der Waals surface area contributed by atoms with Gasteiger partial charge in [0, 0.05) is 34.7 Å². The van der Waals surface area contributed by atoms with E-state index in [2.05, 4.69) is 10.4 Å². The van der Waals surface area contributed by atoms with Gasteiger partial charge in [-0.3, -0.25) is 14.5 Å². The minimum atomic E-state index is -0.0248. The zero-order valence-corrected chi connectivity index (χ0v) is 18.5. The van der Waals surface area contributed by atoms with Crippen LogP contribution in [-0.4, -0.2) is 27.6 Å². The van der Waals surface area contributed by atoms with Crippen molar-refractivity contribution >= 4 is 29.2 Å². The number of nitrogens with zero attached hydrogens (tertiary/aromatic N) is 3. The molecule has 1 aromatic heterocycles. The zero-order chi connectivity index (χ0) is 22.1. The molecule has 164 valence electrons. The maximum Gasteiger partial charge on any atom is 0.251 e. The third kappa shape index (κ3) is 4.28. The molecule has 0 saturated heterocycles. The highest BCUT2D eigenvalue weighted by Crippen LogP contribution is 2.30. The first kappa shape index (κ1) is 20.8. The van der Waals surface area contributed by atoms with Crippen LogP contribution in [0.4, 0.5) is 5.82 Å². The molecule has 2 aliphatic rings. The summed E-state index contributed by atoms with van der Waals surface area (Å²) in [6.07, 6.45) is 4.91. The second-order valence-electron chi connectivity index (χ2n) is 8.50. The normalized spacial score (nSPS) is 16.3. The van der Waals surface area contributed by atoms with Gasteiger partial charge in [-0.15, -0.1) is 0 Å². The highest BCUT2D eigenvalue weighted by molar-refractivity contribution is 6.30. The Morgan fingerprint density at radius 1 is 1.06 bits per heavy atom. The van der Waals surface area contributed by atoms with Gasteiger partial charge in [0.1, 0.15) is 5.82 Å². The number of halogens is 1. The third-order valence-electron chi connectivity index (χ3n) is 6.26.